The zero-order valence-corrected chi connectivity index (χ0v) is 12.7. The summed E-state index contributed by atoms with van der Waals surface area (Å²) >= 11 is 0. The second kappa shape index (κ2) is 5.67. The van der Waals surface area contributed by atoms with Crippen molar-refractivity contribution < 1.29 is 0 Å². The molecule has 0 aliphatic heterocycles. The van der Waals surface area contributed by atoms with Gasteiger partial charge in [0.2, 0.25) is 0 Å². The van der Waals surface area contributed by atoms with E-state index < -0.39 is 0 Å². The second-order valence-electron chi connectivity index (χ2n) is 4.89. The Hall–Kier alpha value is -1.13. The molecule has 0 amide bonds. The van der Waals surface area contributed by atoms with Crippen LogP contribution >= 0.6 is 8.58 Å². The first kappa shape index (κ1) is 13.3. The van der Waals surface area contributed by atoms with Crippen molar-refractivity contribution in [1.82, 2.24) is 0 Å². The lowest BCUT2D eigenvalue weighted by Crippen LogP contribution is -2.11. The molecule has 0 nitrogen and oxygen atoms in total. The molecule has 0 aromatic heterocycles. The van der Waals surface area contributed by atoms with Crippen molar-refractivity contribution in [2.45, 2.75) is 34.1 Å². The average Bonchev–Trinajstić information content (AvgIpc) is 2.36. The van der Waals surface area contributed by atoms with Crippen LogP contribution in [-0.2, 0) is 6.42 Å². The quantitative estimate of drug-likeness (QED) is 0.733. The molecule has 0 saturated heterocycles. The third kappa shape index (κ3) is 2.82. The largest absolute Gasteiger partial charge is 0.0619 e. The van der Waals surface area contributed by atoms with Crippen LogP contribution < -0.4 is 10.6 Å². The van der Waals surface area contributed by atoms with E-state index in [1.807, 2.05) is 0 Å². The molecule has 0 N–H and O–H groups in total. The van der Waals surface area contributed by atoms with E-state index in [1.165, 1.54) is 32.9 Å². The summed E-state index contributed by atoms with van der Waals surface area (Å²) in [6.07, 6.45) is 1.12. The van der Waals surface area contributed by atoms with Gasteiger partial charge in [-0.1, -0.05) is 51.9 Å². The van der Waals surface area contributed by atoms with Crippen LogP contribution in [0.1, 0.15) is 29.2 Å². The molecule has 0 aliphatic rings. The minimum atomic E-state index is 0.774. The van der Waals surface area contributed by atoms with Crippen molar-refractivity contribution in [3.63, 3.8) is 0 Å². The molecule has 0 saturated carbocycles. The van der Waals surface area contributed by atoms with E-state index in [9.17, 15) is 0 Å². The zero-order chi connectivity index (χ0) is 13.1. The van der Waals surface area contributed by atoms with Crippen LogP contribution in [0.25, 0.3) is 0 Å². The first-order chi connectivity index (χ1) is 8.61. The fraction of sp³-hybridized carbons (Fsp3) is 0.294. The molecule has 0 fully saturated rings. The Bertz CT molecular complexity index is 556. The summed E-state index contributed by atoms with van der Waals surface area (Å²) in [5, 5.41) is 2.98. The summed E-state index contributed by atoms with van der Waals surface area (Å²) in [6.45, 7) is 8.85. The van der Waals surface area contributed by atoms with Gasteiger partial charge in [-0.25, -0.2) is 0 Å². The number of benzene rings is 2. The summed E-state index contributed by atoms with van der Waals surface area (Å²) in [5.41, 5.74) is 5.69. The zero-order valence-electron chi connectivity index (χ0n) is 11.7. The molecule has 2 aromatic carbocycles. The molecule has 18 heavy (non-hydrogen) atoms. The molecule has 2 aromatic rings. The van der Waals surface area contributed by atoms with Crippen LogP contribution in [0.15, 0.2) is 36.4 Å². The average molecular weight is 256 g/mol. The van der Waals surface area contributed by atoms with Gasteiger partial charge in [-0.2, -0.15) is 0 Å². The molecule has 1 heteroatoms. The van der Waals surface area contributed by atoms with Crippen LogP contribution in [0, 0.1) is 20.8 Å². The van der Waals surface area contributed by atoms with E-state index in [0.29, 0.717) is 0 Å². The van der Waals surface area contributed by atoms with Gasteiger partial charge in [0.1, 0.15) is 0 Å². The van der Waals surface area contributed by atoms with Crippen LogP contribution in [-0.4, -0.2) is 0 Å². The molecular formula is C17H21P. The van der Waals surface area contributed by atoms with Crippen LogP contribution in [0.5, 0.6) is 0 Å². The first-order valence-electron chi connectivity index (χ1n) is 6.54. The molecule has 94 valence electrons. The standard InChI is InChI=1S/C17H21P/c1-5-15-8-6-7-9-16(15)18-17-11-13(3)12(2)10-14(17)4/h6-11,18H,5H2,1-4H3. The third-order valence-corrected chi connectivity index (χ3v) is 5.07. The summed E-state index contributed by atoms with van der Waals surface area (Å²) in [4.78, 5) is 0. The Morgan fingerprint density at radius 1 is 0.833 bits per heavy atom. The van der Waals surface area contributed by atoms with E-state index >= 15 is 0 Å². The van der Waals surface area contributed by atoms with Crippen molar-refractivity contribution in [2.75, 3.05) is 0 Å². The van der Waals surface area contributed by atoms with Crippen molar-refractivity contribution in [1.29, 1.82) is 0 Å². The lowest BCUT2D eigenvalue weighted by atomic mass is 10.1. The normalized spacial score (nSPS) is 11.3. The van der Waals surface area contributed by atoms with Gasteiger partial charge in [0, 0.05) is 0 Å². The highest BCUT2D eigenvalue weighted by Gasteiger charge is 2.05. The molecule has 1 atom stereocenters. The molecule has 1 unspecified atom stereocenters. The maximum atomic E-state index is 2.36. The van der Waals surface area contributed by atoms with Gasteiger partial charge in [-0.05, 0) is 60.1 Å². The van der Waals surface area contributed by atoms with E-state index in [-0.39, 0.29) is 0 Å². The van der Waals surface area contributed by atoms with E-state index in [2.05, 4.69) is 64.1 Å². The van der Waals surface area contributed by atoms with Crippen molar-refractivity contribution in [3.8, 4) is 0 Å². The minimum absolute atomic E-state index is 0.774. The molecule has 0 heterocycles. The highest BCUT2D eigenvalue weighted by molar-refractivity contribution is 7.55. The summed E-state index contributed by atoms with van der Waals surface area (Å²) in [5.74, 6) is 0. The Morgan fingerprint density at radius 2 is 1.50 bits per heavy atom. The third-order valence-electron chi connectivity index (χ3n) is 3.51. The Morgan fingerprint density at radius 3 is 2.22 bits per heavy atom. The van der Waals surface area contributed by atoms with Gasteiger partial charge in [-0.3, -0.25) is 0 Å². The monoisotopic (exact) mass is 256 g/mol. The second-order valence-corrected chi connectivity index (χ2v) is 6.21. The maximum absolute atomic E-state index is 2.36. The first-order valence-corrected chi connectivity index (χ1v) is 7.54. The maximum Gasteiger partial charge on any atom is -0.0194 e. The fourth-order valence-corrected chi connectivity index (χ4v) is 3.64. The minimum Gasteiger partial charge on any atom is -0.0619 e. The van der Waals surface area contributed by atoms with E-state index in [1.54, 1.807) is 0 Å². The van der Waals surface area contributed by atoms with Crippen LogP contribution in [0.3, 0.4) is 0 Å². The highest BCUT2D eigenvalue weighted by Crippen LogP contribution is 2.19. The summed E-state index contributed by atoms with van der Waals surface area (Å²) < 4.78 is 0. The molecule has 0 spiro atoms. The van der Waals surface area contributed by atoms with Gasteiger partial charge >= 0.3 is 0 Å². The van der Waals surface area contributed by atoms with E-state index in [0.717, 1.165) is 15.0 Å². The lowest BCUT2D eigenvalue weighted by Gasteiger charge is -2.12. The fourth-order valence-electron chi connectivity index (χ4n) is 2.19. The van der Waals surface area contributed by atoms with Gasteiger partial charge in [-0.15, -0.1) is 0 Å². The van der Waals surface area contributed by atoms with Gasteiger partial charge in [0.15, 0.2) is 0 Å². The molecular weight excluding hydrogens is 235 g/mol. The topological polar surface area (TPSA) is 0 Å². The summed E-state index contributed by atoms with van der Waals surface area (Å²) in [7, 11) is 0.774. The number of rotatable bonds is 3. The predicted octanol–water partition coefficient (Wildman–Crippen LogP) is 3.80. The molecule has 0 bridgehead atoms. The summed E-state index contributed by atoms with van der Waals surface area (Å²) in [6, 6.07) is 13.5. The molecule has 0 aliphatic carbocycles. The van der Waals surface area contributed by atoms with Crippen LogP contribution in [0.2, 0.25) is 0 Å². The van der Waals surface area contributed by atoms with Gasteiger partial charge in [0.25, 0.3) is 0 Å². The van der Waals surface area contributed by atoms with Crippen LogP contribution in [0.4, 0.5) is 0 Å². The van der Waals surface area contributed by atoms with Crippen molar-refractivity contribution in [2.24, 2.45) is 0 Å². The highest BCUT2D eigenvalue weighted by atomic mass is 31.1. The van der Waals surface area contributed by atoms with Gasteiger partial charge in [0.05, 0.1) is 0 Å². The smallest absolute Gasteiger partial charge is 0.0194 e. The Labute approximate surface area is 112 Å². The Balaban J connectivity index is 2.37. The lowest BCUT2D eigenvalue weighted by molar-refractivity contribution is 1.15. The van der Waals surface area contributed by atoms with Crippen molar-refractivity contribution >= 4 is 19.2 Å². The SMILES string of the molecule is CCc1ccccc1Pc1cc(C)c(C)cc1C. The van der Waals surface area contributed by atoms with Crippen molar-refractivity contribution in [3.05, 3.63) is 58.7 Å². The number of hydrogen-bond acceptors (Lipinski definition) is 0. The molecule has 0 radical (unpaired) electrons. The van der Waals surface area contributed by atoms with Gasteiger partial charge < -0.3 is 0 Å². The molecule has 2 rings (SSSR count). The number of hydrogen-bond donors (Lipinski definition) is 0. The van der Waals surface area contributed by atoms with E-state index in [4.69, 9.17) is 0 Å². The predicted molar refractivity (Wildman–Crippen MR) is 84.1 cm³/mol. The number of aryl methyl sites for hydroxylation is 4. The Kier molecular flexibility index (Phi) is 4.19.